The third-order valence-electron chi connectivity index (χ3n) is 4.07. The molecule has 0 aliphatic carbocycles. The van der Waals surface area contributed by atoms with Crippen molar-refractivity contribution in [2.75, 3.05) is 27.3 Å². The molecule has 1 aliphatic rings. The summed E-state index contributed by atoms with van der Waals surface area (Å²) in [5, 5.41) is 0. The van der Waals surface area contributed by atoms with Gasteiger partial charge >= 0.3 is 0 Å². The molecule has 20 heavy (non-hydrogen) atoms. The maximum atomic E-state index is 12.6. The number of rotatable bonds is 3. The molecule has 1 aromatic rings. The Balaban J connectivity index is 2.25. The van der Waals surface area contributed by atoms with Crippen molar-refractivity contribution >= 4 is 5.91 Å². The van der Waals surface area contributed by atoms with E-state index in [0.29, 0.717) is 23.0 Å². The molecule has 0 aromatic heterocycles. The Kier molecular flexibility index (Phi) is 4.53. The van der Waals surface area contributed by atoms with Crippen molar-refractivity contribution in [2.24, 2.45) is 5.92 Å². The fourth-order valence-corrected chi connectivity index (χ4v) is 2.60. The maximum absolute atomic E-state index is 12.6. The first-order valence-corrected chi connectivity index (χ1v) is 7.08. The highest BCUT2D eigenvalue weighted by molar-refractivity contribution is 5.95. The Morgan fingerprint density at radius 3 is 2.10 bits per heavy atom. The van der Waals surface area contributed by atoms with E-state index in [1.54, 1.807) is 26.4 Å². The minimum Gasteiger partial charge on any atom is -0.496 e. The summed E-state index contributed by atoms with van der Waals surface area (Å²) < 4.78 is 10.7. The second kappa shape index (κ2) is 6.16. The highest BCUT2D eigenvalue weighted by Gasteiger charge is 2.23. The van der Waals surface area contributed by atoms with Gasteiger partial charge in [0.1, 0.15) is 11.5 Å². The number of benzene rings is 1. The number of ether oxygens (including phenoxy) is 2. The van der Waals surface area contributed by atoms with Gasteiger partial charge in [0.2, 0.25) is 0 Å². The molecule has 1 amide bonds. The zero-order valence-electron chi connectivity index (χ0n) is 12.7. The van der Waals surface area contributed by atoms with E-state index < -0.39 is 0 Å². The summed E-state index contributed by atoms with van der Waals surface area (Å²) in [7, 11) is 3.22. The summed E-state index contributed by atoms with van der Waals surface area (Å²) in [5.41, 5.74) is 1.55. The van der Waals surface area contributed by atoms with Crippen LogP contribution in [-0.2, 0) is 0 Å². The number of amides is 1. The highest BCUT2D eigenvalue weighted by atomic mass is 16.5. The number of carbonyl (C=O) groups excluding carboxylic acids is 1. The molecule has 1 aliphatic heterocycles. The van der Waals surface area contributed by atoms with Crippen LogP contribution in [0, 0.1) is 12.8 Å². The first-order chi connectivity index (χ1) is 9.56. The van der Waals surface area contributed by atoms with Crippen molar-refractivity contribution in [3.63, 3.8) is 0 Å². The fraction of sp³-hybridized carbons (Fsp3) is 0.562. The number of likely N-dealkylation sites (tertiary alicyclic amines) is 1. The first kappa shape index (κ1) is 14.7. The molecule has 4 heteroatoms. The van der Waals surface area contributed by atoms with Gasteiger partial charge in [-0.25, -0.2) is 0 Å². The summed E-state index contributed by atoms with van der Waals surface area (Å²) in [5.74, 6) is 2.16. The second-order valence-electron chi connectivity index (χ2n) is 5.48. The molecule has 0 spiro atoms. The zero-order valence-corrected chi connectivity index (χ0v) is 12.7. The van der Waals surface area contributed by atoms with Crippen molar-refractivity contribution in [1.29, 1.82) is 0 Å². The van der Waals surface area contributed by atoms with Crippen LogP contribution in [0.3, 0.4) is 0 Å². The van der Waals surface area contributed by atoms with Gasteiger partial charge in [-0.05, 0) is 37.8 Å². The predicted molar refractivity (Wildman–Crippen MR) is 78.6 cm³/mol. The van der Waals surface area contributed by atoms with Crippen LogP contribution in [-0.4, -0.2) is 38.1 Å². The van der Waals surface area contributed by atoms with Gasteiger partial charge < -0.3 is 14.4 Å². The third kappa shape index (κ3) is 2.89. The molecular weight excluding hydrogens is 254 g/mol. The van der Waals surface area contributed by atoms with Crippen LogP contribution in [0.4, 0.5) is 0 Å². The molecule has 0 atom stereocenters. The standard InChI is InChI=1S/C16H23NO3/c1-11-5-7-17(8-6-11)16(18)13-9-14(19-3)12(2)15(10-13)20-4/h9-11H,5-8H2,1-4H3. The van der Waals surface area contributed by atoms with Crippen molar-refractivity contribution in [3.8, 4) is 11.5 Å². The summed E-state index contributed by atoms with van der Waals surface area (Å²) >= 11 is 0. The molecule has 0 saturated carbocycles. The number of carbonyl (C=O) groups is 1. The van der Waals surface area contributed by atoms with Gasteiger partial charge in [0.15, 0.2) is 0 Å². The third-order valence-corrected chi connectivity index (χ3v) is 4.07. The molecule has 0 radical (unpaired) electrons. The van der Waals surface area contributed by atoms with E-state index in [9.17, 15) is 4.79 Å². The maximum Gasteiger partial charge on any atom is 0.254 e. The van der Waals surface area contributed by atoms with E-state index in [4.69, 9.17) is 9.47 Å². The lowest BCUT2D eigenvalue weighted by Gasteiger charge is -2.30. The van der Waals surface area contributed by atoms with Crippen molar-refractivity contribution in [1.82, 2.24) is 4.90 Å². The average Bonchev–Trinajstić information content (AvgIpc) is 2.47. The molecule has 1 aromatic carbocycles. The van der Waals surface area contributed by atoms with E-state index in [2.05, 4.69) is 6.92 Å². The highest BCUT2D eigenvalue weighted by Crippen LogP contribution is 2.30. The monoisotopic (exact) mass is 277 g/mol. The zero-order chi connectivity index (χ0) is 14.7. The largest absolute Gasteiger partial charge is 0.496 e. The Morgan fingerprint density at radius 2 is 1.65 bits per heavy atom. The van der Waals surface area contributed by atoms with Gasteiger partial charge in [-0.2, -0.15) is 0 Å². The van der Waals surface area contributed by atoms with E-state index in [1.165, 1.54) is 0 Å². The van der Waals surface area contributed by atoms with Crippen LogP contribution in [0.2, 0.25) is 0 Å². The van der Waals surface area contributed by atoms with Gasteiger partial charge in [0.05, 0.1) is 14.2 Å². The van der Waals surface area contributed by atoms with E-state index in [0.717, 1.165) is 31.5 Å². The first-order valence-electron chi connectivity index (χ1n) is 7.08. The van der Waals surface area contributed by atoms with Gasteiger partial charge in [-0.15, -0.1) is 0 Å². The molecule has 0 bridgehead atoms. The summed E-state index contributed by atoms with van der Waals surface area (Å²) in [6.45, 7) is 5.82. The molecule has 1 fully saturated rings. The molecule has 0 N–H and O–H groups in total. The van der Waals surface area contributed by atoms with Gasteiger partial charge in [-0.1, -0.05) is 6.92 Å². The van der Waals surface area contributed by atoms with E-state index in [-0.39, 0.29) is 5.91 Å². The minimum atomic E-state index is 0.0634. The molecule has 1 heterocycles. The van der Waals surface area contributed by atoms with Gasteiger partial charge in [0.25, 0.3) is 5.91 Å². The van der Waals surface area contributed by atoms with Crippen LogP contribution >= 0.6 is 0 Å². The van der Waals surface area contributed by atoms with Gasteiger partial charge in [0, 0.05) is 24.2 Å². The SMILES string of the molecule is COc1cc(C(=O)N2CCC(C)CC2)cc(OC)c1C. The van der Waals surface area contributed by atoms with Gasteiger partial charge in [-0.3, -0.25) is 4.79 Å². The lowest BCUT2D eigenvalue weighted by molar-refractivity contribution is 0.0696. The van der Waals surface area contributed by atoms with Crippen LogP contribution < -0.4 is 9.47 Å². The quantitative estimate of drug-likeness (QED) is 0.852. The summed E-state index contributed by atoms with van der Waals surface area (Å²) in [6.07, 6.45) is 2.15. The molecule has 0 unspecified atom stereocenters. The van der Waals surface area contributed by atoms with Crippen LogP contribution in [0.15, 0.2) is 12.1 Å². The number of nitrogens with zero attached hydrogens (tertiary/aromatic N) is 1. The second-order valence-corrected chi connectivity index (χ2v) is 5.48. The average molecular weight is 277 g/mol. The molecular formula is C16H23NO3. The van der Waals surface area contributed by atoms with Crippen LogP contribution in [0.25, 0.3) is 0 Å². The Bertz CT molecular complexity index is 465. The van der Waals surface area contributed by atoms with Crippen LogP contribution in [0.1, 0.15) is 35.7 Å². The normalized spacial score (nSPS) is 16.1. The fourth-order valence-electron chi connectivity index (χ4n) is 2.60. The topological polar surface area (TPSA) is 38.8 Å². The molecule has 4 nitrogen and oxygen atoms in total. The van der Waals surface area contributed by atoms with E-state index >= 15 is 0 Å². The Hall–Kier alpha value is -1.71. The predicted octanol–water partition coefficient (Wildman–Crippen LogP) is 2.88. The summed E-state index contributed by atoms with van der Waals surface area (Å²) in [6, 6.07) is 3.61. The number of methoxy groups -OCH3 is 2. The van der Waals surface area contributed by atoms with Crippen molar-refractivity contribution < 1.29 is 14.3 Å². The van der Waals surface area contributed by atoms with E-state index in [1.807, 2.05) is 11.8 Å². The number of hydrogen-bond acceptors (Lipinski definition) is 3. The minimum absolute atomic E-state index is 0.0634. The smallest absolute Gasteiger partial charge is 0.254 e. The molecule has 2 rings (SSSR count). The molecule has 110 valence electrons. The summed E-state index contributed by atoms with van der Waals surface area (Å²) in [4.78, 5) is 14.5. The Labute approximate surface area is 120 Å². The Morgan fingerprint density at radius 1 is 1.15 bits per heavy atom. The van der Waals surface area contributed by atoms with Crippen molar-refractivity contribution in [2.45, 2.75) is 26.7 Å². The lowest BCUT2D eigenvalue weighted by atomic mass is 9.98. The number of piperidine rings is 1. The number of hydrogen-bond donors (Lipinski definition) is 0. The lowest BCUT2D eigenvalue weighted by Crippen LogP contribution is -2.37. The van der Waals surface area contributed by atoms with Crippen LogP contribution in [0.5, 0.6) is 11.5 Å². The van der Waals surface area contributed by atoms with Crippen molar-refractivity contribution in [3.05, 3.63) is 23.3 Å². The molecule has 1 saturated heterocycles.